The number of halogens is 1. The quantitative estimate of drug-likeness (QED) is 0.586. The number of carbonyl (C=O) groups is 2. The fourth-order valence-corrected chi connectivity index (χ4v) is 2.96. The lowest BCUT2D eigenvalue weighted by molar-refractivity contribution is 0.0318. The first-order valence-corrected chi connectivity index (χ1v) is 9.68. The van der Waals surface area contributed by atoms with Crippen molar-refractivity contribution in [1.82, 2.24) is 0 Å². The van der Waals surface area contributed by atoms with Gasteiger partial charge in [0.05, 0.1) is 15.5 Å². The van der Waals surface area contributed by atoms with Gasteiger partial charge in [-0.05, 0) is 32.0 Å². The lowest BCUT2D eigenvalue weighted by Crippen LogP contribution is -2.24. The minimum atomic E-state index is -3.50. The van der Waals surface area contributed by atoms with E-state index in [9.17, 15) is 18.0 Å². The number of Topliss-reactive ketones (excluding diaryl/α,β-unsaturated/α-hetero) is 1. The minimum Gasteiger partial charge on any atom is -0.451 e. The third-order valence-corrected chi connectivity index (χ3v) is 5.01. The van der Waals surface area contributed by atoms with Gasteiger partial charge < -0.3 is 4.74 Å². The Morgan fingerprint density at radius 3 is 2.24 bits per heavy atom. The number of sulfone groups is 1. The van der Waals surface area contributed by atoms with Crippen molar-refractivity contribution in [2.75, 3.05) is 6.26 Å². The largest absolute Gasteiger partial charge is 0.451 e. The van der Waals surface area contributed by atoms with Crippen LogP contribution in [-0.2, 0) is 14.6 Å². The van der Waals surface area contributed by atoms with Crippen LogP contribution in [0, 0.1) is 6.92 Å². The Bertz CT molecular complexity index is 917. The summed E-state index contributed by atoms with van der Waals surface area (Å²) in [5, 5.41) is 0.0485. The first kappa shape index (κ1) is 19.1. The third-order valence-electron chi connectivity index (χ3n) is 3.58. The summed E-state index contributed by atoms with van der Waals surface area (Å²) in [5.74, 6) is -1.22. The number of esters is 1. The number of rotatable bonds is 5. The van der Waals surface area contributed by atoms with Crippen LogP contribution in [0.15, 0.2) is 47.4 Å². The van der Waals surface area contributed by atoms with Crippen LogP contribution in [0.5, 0.6) is 0 Å². The van der Waals surface area contributed by atoms with E-state index in [4.69, 9.17) is 16.3 Å². The maximum Gasteiger partial charge on any atom is 0.340 e. The summed E-state index contributed by atoms with van der Waals surface area (Å²) in [6, 6.07) is 10.6. The zero-order valence-electron chi connectivity index (χ0n) is 13.9. The average Bonchev–Trinajstić information content (AvgIpc) is 2.54. The normalized spacial score (nSPS) is 12.5. The number of ketones is 1. The molecule has 25 heavy (non-hydrogen) atoms. The number of hydrogen-bond donors (Lipinski definition) is 0. The molecule has 0 fully saturated rings. The van der Waals surface area contributed by atoms with Crippen molar-refractivity contribution in [3.05, 3.63) is 64.2 Å². The Morgan fingerprint density at radius 1 is 1.08 bits per heavy atom. The van der Waals surface area contributed by atoms with Crippen molar-refractivity contribution < 1.29 is 22.7 Å². The number of benzene rings is 2. The zero-order chi connectivity index (χ0) is 18.8. The summed E-state index contributed by atoms with van der Waals surface area (Å²) in [6.45, 7) is 3.35. The molecule has 7 heteroatoms. The number of aryl methyl sites for hydroxylation is 1. The van der Waals surface area contributed by atoms with E-state index < -0.39 is 21.9 Å². The van der Waals surface area contributed by atoms with Gasteiger partial charge in [0.25, 0.3) is 0 Å². The topological polar surface area (TPSA) is 77.5 Å². The Balaban J connectivity index is 2.21. The van der Waals surface area contributed by atoms with E-state index in [0.29, 0.717) is 5.56 Å². The van der Waals surface area contributed by atoms with Gasteiger partial charge in [0.1, 0.15) is 0 Å². The van der Waals surface area contributed by atoms with Gasteiger partial charge in [-0.25, -0.2) is 13.2 Å². The summed E-state index contributed by atoms with van der Waals surface area (Å²) in [7, 11) is -3.50. The second kappa shape index (κ2) is 7.37. The van der Waals surface area contributed by atoms with Crippen molar-refractivity contribution >= 4 is 33.2 Å². The molecule has 5 nitrogen and oxygen atoms in total. The zero-order valence-corrected chi connectivity index (χ0v) is 15.5. The molecule has 0 amide bonds. The molecule has 0 saturated heterocycles. The molecule has 0 radical (unpaired) electrons. The second-order valence-corrected chi connectivity index (χ2v) is 8.11. The van der Waals surface area contributed by atoms with Gasteiger partial charge in [0.2, 0.25) is 5.78 Å². The maximum atomic E-state index is 12.3. The van der Waals surface area contributed by atoms with Crippen LogP contribution in [0.3, 0.4) is 0 Å². The van der Waals surface area contributed by atoms with Crippen LogP contribution in [0.2, 0.25) is 5.02 Å². The Labute approximate surface area is 151 Å². The van der Waals surface area contributed by atoms with E-state index in [0.717, 1.165) is 17.9 Å². The van der Waals surface area contributed by atoms with Gasteiger partial charge in [-0.15, -0.1) is 0 Å². The SMILES string of the molecule is Cc1ccc(C(=O)[C@@H](C)OC(=O)c2cc(S(C)(=O)=O)ccc2Cl)cc1. The Morgan fingerprint density at radius 2 is 1.68 bits per heavy atom. The molecule has 132 valence electrons. The fourth-order valence-electron chi connectivity index (χ4n) is 2.12. The molecule has 0 aliphatic rings. The molecule has 1 atom stereocenters. The van der Waals surface area contributed by atoms with Crippen molar-refractivity contribution in [2.45, 2.75) is 24.8 Å². The van der Waals surface area contributed by atoms with Gasteiger partial charge in [-0.3, -0.25) is 4.79 Å². The fraction of sp³-hybridized carbons (Fsp3) is 0.222. The van der Waals surface area contributed by atoms with E-state index in [2.05, 4.69) is 0 Å². The van der Waals surface area contributed by atoms with E-state index >= 15 is 0 Å². The highest BCUT2D eigenvalue weighted by Gasteiger charge is 2.23. The highest BCUT2D eigenvalue weighted by Crippen LogP contribution is 2.22. The molecule has 0 aliphatic heterocycles. The summed E-state index contributed by atoms with van der Waals surface area (Å²) >= 11 is 5.96. The molecule has 0 unspecified atom stereocenters. The Kier molecular flexibility index (Phi) is 5.65. The summed E-state index contributed by atoms with van der Waals surface area (Å²) < 4.78 is 28.4. The van der Waals surface area contributed by atoms with Gasteiger partial charge in [-0.1, -0.05) is 41.4 Å². The van der Waals surface area contributed by atoms with Crippen LogP contribution in [0.25, 0.3) is 0 Å². The molecular weight excluding hydrogens is 364 g/mol. The van der Waals surface area contributed by atoms with Crippen LogP contribution in [-0.4, -0.2) is 32.5 Å². The molecule has 0 aromatic heterocycles. The molecule has 0 heterocycles. The van der Waals surface area contributed by atoms with E-state index in [-0.39, 0.29) is 21.3 Å². The molecule has 0 bridgehead atoms. The van der Waals surface area contributed by atoms with Crippen molar-refractivity contribution in [1.29, 1.82) is 0 Å². The van der Waals surface area contributed by atoms with Crippen LogP contribution in [0.1, 0.15) is 33.2 Å². The van der Waals surface area contributed by atoms with Gasteiger partial charge in [-0.2, -0.15) is 0 Å². The molecule has 0 spiro atoms. The van der Waals surface area contributed by atoms with E-state index in [1.807, 2.05) is 6.92 Å². The monoisotopic (exact) mass is 380 g/mol. The molecule has 2 aromatic carbocycles. The predicted molar refractivity (Wildman–Crippen MR) is 94.9 cm³/mol. The van der Waals surface area contributed by atoms with E-state index in [1.54, 1.807) is 24.3 Å². The van der Waals surface area contributed by atoms with Gasteiger partial charge >= 0.3 is 5.97 Å². The standard InChI is InChI=1S/C18H17ClO5S/c1-11-4-6-13(7-5-11)17(20)12(2)24-18(21)15-10-14(25(3,22)23)8-9-16(15)19/h4-10,12H,1-3H3/t12-/m1/s1. The van der Waals surface area contributed by atoms with Crippen LogP contribution in [0.4, 0.5) is 0 Å². The molecule has 0 saturated carbocycles. The summed E-state index contributed by atoms with van der Waals surface area (Å²) in [5.41, 5.74) is 1.32. The third kappa shape index (κ3) is 4.67. The average molecular weight is 381 g/mol. The first-order chi connectivity index (χ1) is 11.6. The van der Waals surface area contributed by atoms with Gasteiger partial charge in [0.15, 0.2) is 15.9 Å². The van der Waals surface area contributed by atoms with Crippen LogP contribution >= 0.6 is 11.6 Å². The lowest BCUT2D eigenvalue weighted by atomic mass is 10.1. The number of carbonyl (C=O) groups excluding carboxylic acids is 2. The van der Waals surface area contributed by atoms with Gasteiger partial charge in [0, 0.05) is 11.8 Å². The number of hydrogen-bond acceptors (Lipinski definition) is 5. The van der Waals surface area contributed by atoms with Crippen LogP contribution < -0.4 is 0 Å². The molecule has 2 rings (SSSR count). The number of ether oxygens (including phenoxy) is 1. The molecule has 0 aliphatic carbocycles. The smallest absolute Gasteiger partial charge is 0.340 e. The molecule has 0 N–H and O–H groups in total. The maximum absolute atomic E-state index is 12.3. The summed E-state index contributed by atoms with van der Waals surface area (Å²) in [4.78, 5) is 24.6. The van der Waals surface area contributed by atoms with E-state index in [1.165, 1.54) is 19.1 Å². The Hall–Kier alpha value is -2.18. The molecular formula is C18H17ClO5S. The highest BCUT2D eigenvalue weighted by atomic mass is 35.5. The highest BCUT2D eigenvalue weighted by molar-refractivity contribution is 7.90. The van der Waals surface area contributed by atoms with Crippen molar-refractivity contribution in [3.8, 4) is 0 Å². The first-order valence-electron chi connectivity index (χ1n) is 7.41. The molecule has 2 aromatic rings. The second-order valence-electron chi connectivity index (χ2n) is 5.69. The lowest BCUT2D eigenvalue weighted by Gasteiger charge is -2.13. The summed E-state index contributed by atoms with van der Waals surface area (Å²) in [6.07, 6.45) is -0.0114. The predicted octanol–water partition coefficient (Wildman–Crippen LogP) is 3.48. The minimum absolute atomic E-state index is 0.0485. The van der Waals surface area contributed by atoms with Crippen molar-refractivity contribution in [2.24, 2.45) is 0 Å². The van der Waals surface area contributed by atoms with Crippen molar-refractivity contribution in [3.63, 3.8) is 0 Å².